The van der Waals surface area contributed by atoms with Crippen LogP contribution in [0.1, 0.15) is 0 Å². The first-order valence-corrected chi connectivity index (χ1v) is 20.5. The Balaban J connectivity index is 1.12. The van der Waals surface area contributed by atoms with Gasteiger partial charge in [0.15, 0.2) is 0 Å². The van der Waals surface area contributed by atoms with Crippen LogP contribution < -0.4 is 4.90 Å². The number of para-hydroxylation sites is 2. The van der Waals surface area contributed by atoms with Crippen molar-refractivity contribution in [2.24, 2.45) is 0 Å². The SMILES string of the molecule is c1ccc(-c2ccc(N(c3ccc(-c4cccc5c4oc4ccccc45)cc3)c3cccc(-c4ccccc4)c3-c3ccccc3-c3ccc4ccccc4c3)cc2)cc1. The molecule has 0 amide bonds. The molecule has 0 fully saturated rings. The first kappa shape index (κ1) is 35.2. The Hall–Kier alpha value is -7.94. The number of hydrogen-bond acceptors (Lipinski definition) is 2. The summed E-state index contributed by atoms with van der Waals surface area (Å²) < 4.78 is 6.48. The van der Waals surface area contributed by atoms with Crippen molar-refractivity contribution < 1.29 is 4.42 Å². The molecule has 2 heteroatoms. The first-order chi connectivity index (χ1) is 29.8. The highest BCUT2D eigenvalue weighted by Gasteiger charge is 2.23. The van der Waals surface area contributed by atoms with Gasteiger partial charge < -0.3 is 9.32 Å². The zero-order valence-electron chi connectivity index (χ0n) is 32.9. The van der Waals surface area contributed by atoms with Crippen molar-refractivity contribution in [2.75, 3.05) is 4.90 Å². The number of nitrogens with zero attached hydrogens (tertiary/aromatic N) is 1. The number of furan rings is 1. The van der Waals surface area contributed by atoms with E-state index in [-0.39, 0.29) is 0 Å². The molecule has 1 aromatic heterocycles. The second-order valence-corrected chi connectivity index (χ2v) is 15.2. The predicted molar refractivity (Wildman–Crippen MR) is 253 cm³/mol. The van der Waals surface area contributed by atoms with Crippen LogP contribution in [0, 0.1) is 0 Å². The van der Waals surface area contributed by atoms with Gasteiger partial charge in [-0.1, -0.05) is 194 Å². The van der Waals surface area contributed by atoms with Crippen LogP contribution in [0.5, 0.6) is 0 Å². The lowest BCUT2D eigenvalue weighted by atomic mass is 9.87. The lowest BCUT2D eigenvalue weighted by Crippen LogP contribution is -2.12. The average Bonchev–Trinajstić information content (AvgIpc) is 3.72. The molecule has 0 aliphatic rings. The highest BCUT2D eigenvalue weighted by Crippen LogP contribution is 2.49. The third-order valence-corrected chi connectivity index (χ3v) is 11.7. The molecule has 0 saturated carbocycles. The maximum absolute atomic E-state index is 6.48. The van der Waals surface area contributed by atoms with Gasteiger partial charge in [-0.25, -0.2) is 0 Å². The van der Waals surface area contributed by atoms with Gasteiger partial charge in [0.1, 0.15) is 11.2 Å². The summed E-state index contributed by atoms with van der Waals surface area (Å²) in [5, 5.41) is 4.71. The number of anilines is 3. The molecule has 0 atom stereocenters. The third kappa shape index (κ3) is 6.32. The van der Waals surface area contributed by atoms with Gasteiger partial charge in [0.05, 0.1) is 5.69 Å². The fraction of sp³-hybridized carbons (Fsp3) is 0. The van der Waals surface area contributed by atoms with E-state index in [9.17, 15) is 0 Å². The Morgan fingerprint density at radius 2 is 0.817 bits per heavy atom. The summed E-state index contributed by atoms with van der Waals surface area (Å²) in [5.41, 5.74) is 16.6. The normalized spacial score (nSPS) is 11.3. The van der Waals surface area contributed by atoms with Crippen LogP contribution in [0.4, 0.5) is 17.1 Å². The maximum Gasteiger partial charge on any atom is 0.143 e. The fourth-order valence-electron chi connectivity index (χ4n) is 8.80. The lowest BCUT2D eigenvalue weighted by Gasteiger charge is -2.30. The molecular weight excluding hydrogens is 727 g/mol. The molecule has 0 aliphatic carbocycles. The van der Waals surface area contributed by atoms with Crippen LogP contribution in [0.25, 0.3) is 88.3 Å². The van der Waals surface area contributed by atoms with E-state index in [0.29, 0.717) is 0 Å². The van der Waals surface area contributed by atoms with Crippen LogP contribution in [0.3, 0.4) is 0 Å². The van der Waals surface area contributed by atoms with Gasteiger partial charge in [-0.15, -0.1) is 0 Å². The topological polar surface area (TPSA) is 16.4 Å². The molecular formula is C58H39NO. The maximum atomic E-state index is 6.48. The molecule has 0 aliphatic heterocycles. The van der Waals surface area contributed by atoms with Crippen LogP contribution in [-0.2, 0) is 0 Å². The van der Waals surface area contributed by atoms with Gasteiger partial charge in [-0.05, 0) is 97.7 Å². The zero-order chi connectivity index (χ0) is 39.8. The Morgan fingerprint density at radius 1 is 0.300 bits per heavy atom. The molecule has 0 N–H and O–H groups in total. The molecule has 0 saturated heterocycles. The van der Waals surface area contributed by atoms with Gasteiger partial charge >= 0.3 is 0 Å². The number of rotatable bonds is 8. The van der Waals surface area contributed by atoms with Crippen molar-refractivity contribution >= 4 is 49.8 Å². The van der Waals surface area contributed by atoms with E-state index in [4.69, 9.17) is 4.42 Å². The van der Waals surface area contributed by atoms with Crippen molar-refractivity contribution in [3.05, 3.63) is 237 Å². The van der Waals surface area contributed by atoms with Crippen molar-refractivity contribution in [1.82, 2.24) is 0 Å². The number of hydrogen-bond donors (Lipinski definition) is 0. The molecule has 60 heavy (non-hydrogen) atoms. The average molecular weight is 766 g/mol. The van der Waals surface area contributed by atoms with Crippen LogP contribution >= 0.6 is 0 Å². The van der Waals surface area contributed by atoms with Crippen molar-refractivity contribution in [3.63, 3.8) is 0 Å². The highest BCUT2D eigenvalue weighted by molar-refractivity contribution is 6.10. The summed E-state index contributed by atoms with van der Waals surface area (Å²) >= 11 is 0. The Kier molecular flexibility index (Phi) is 8.87. The third-order valence-electron chi connectivity index (χ3n) is 11.7. The molecule has 11 aromatic rings. The van der Waals surface area contributed by atoms with E-state index >= 15 is 0 Å². The molecule has 0 unspecified atom stereocenters. The van der Waals surface area contributed by atoms with Crippen LogP contribution in [0.2, 0.25) is 0 Å². The quantitative estimate of drug-likeness (QED) is 0.153. The second kappa shape index (κ2) is 15.1. The molecule has 282 valence electrons. The van der Waals surface area contributed by atoms with Gasteiger partial charge in [0, 0.05) is 33.3 Å². The summed E-state index contributed by atoms with van der Waals surface area (Å²) in [4.78, 5) is 2.42. The van der Waals surface area contributed by atoms with E-state index in [1.807, 2.05) is 12.1 Å². The van der Waals surface area contributed by atoms with E-state index < -0.39 is 0 Å². The van der Waals surface area contributed by atoms with E-state index in [2.05, 4.69) is 229 Å². The van der Waals surface area contributed by atoms with Crippen molar-refractivity contribution in [3.8, 4) is 55.6 Å². The van der Waals surface area contributed by atoms with Gasteiger partial charge in [0.25, 0.3) is 0 Å². The van der Waals surface area contributed by atoms with Gasteiger partial charge in [0.2, 0.25) is 0 Å². The summed E-state index contributed by atoms with van der Waals surface area (Å²) in [7, 11) is 0. The highest BCUT2D eigenvalue weighted by atomic mass is 16.3. The summed E-state index contributed by atoms with van der Waals surface area (Å²) in [6.45, 7) is 0. The fourth-order valence-corrected chi connectivity index (χ4v) is 8.80. The molecule has 2 nitrogen and oxygen atoms in total. The zero-order valence-corrected chi connectivity index (χ0v) is 32.9. The Labute approximate surface area is 349 Å². The standard InChI is InChI=1S/C58H39NO/c1-3-15-40(16-4-1)42-31-35-47(36-32-42)59(48-37-33-44(34-38-48)51-25-13-26-54-52-22-11-12-28-56(52)60-58(51)54)55-27-14-24-50(43-18-5-2-6-19-43)57(55)53-23-10-9-21-49(53)46-30-29-41-17-7-8-20-45(41)39-46/h1-39H. The van der Waals surface area contributed by atoms with E-state index in [1.165, 1.54) is 44.2 Å². The van der Waals surface area contributed by atoms with Crippen LogP contribution in [0.15, 0.2) is 241 Å². The lowest BCUT2D eigenvalue weighted by molar-refractivity contribution is 0.670. The van der Waals surface area contributed by atoms with Gasteiger partial charge in [-0.3, -0.25) is 0 Å². The smallest absolute Gasteiger partial charge is 0.143 e. The Morgan fingerprint density at radius 3 is 1.58 bits per heavy atom. The molecule has 10 aromatic carbocycles. The van der Waals surface area contributed by atoms with Gasteiger partial charge in [-0.2, -0.15) is 0 Å². The first-order valence-electron chi connectivity index (χ1n) is 20.5. The van der Waals surface area contributed by atoms with Crippen molar-refractivity contribution in [1.29, 1.82) is 0 Å². The Bertz CT molecular complexity index is 3290. The summed E-state index contributed by atoms with van der Waals surface area (Å²) in [6, 6.07) is 85.0. The number of fused-ring (bicyclic) bond motifs is 4. The summed E-state index contributed by atoms with van der Waals surface area (Å²) in [6.07, 6.45) is 0. The predicted octanol–water partition coefficient (Wildman–Crippen LogP) is 16.5. The van der Waals surface area contributed by atoms with E-state index in [1.54, 1.807) is 0 Å². The molecule has 0 radical (unpaired) electrons. The summed E-state index contributed by atoms with van der Waals surface area (Å²) in [5.74, 6) is 0. The van der Waals surface area contributed by atoms with E-state index in [0.717, 1.165) is 61.3 Å². The minimum absolute atomic E-state index is 0.900. The number of benzene rings is 10. The molecule has 11 rings (SSSR count). The van der Waals surface area contributed by atoms with Crippen LogP contribution in [-0.4, -0.2) is 0 Å². The minimum atomic E-state index is 0.900. The molecule has 0 spiro atoms. The monoisotopic (exact) mass is 765 g/mol. The molecule has 1 heterocycles. The van der Waals surface area contributed by atoms with Crippen molar-refractivity contribution in [2.45, 2.75) is 0 Å². The second-order valence-electron chi connectivity index (χ2n) is 15.2. The largest absolute Gasteiger partial charge is 0.455 e. The molecule has 0 bridgehead atoms. The minimum Gasteiger partial charge on any atom is -0.455 e.